The molecule has 122 valence electrons. The molecule has 3 rings (SSSR count). The molecule has 1 aromatic carbocycles. The van der Waals surface area contributed by atoms with E-state index in [1.54, 1.807) is 0 Å². The quantitative estimate of drug-likeness (QED) is 0.676. The van der Waals surface area contributed by atoms with Crippen LogP contribution in [0.5, 0.6) is 5.75 Å². The van der Waals surface area contributed by atoms with Gasteiger partial charge >= 0.3 is 0 Å². The van der Waals surface area contributed by atoms with E-state index in [-0.39, 0.29) is 0 Å². The minimum Gasteiger partial charge on any atom is -0.475 e. The number of hydrogen-bond acceptors (Lipinski definition) is 4. The number of aromatic nitrogens is 1. The van der Waals surface area contributed by atoms with Crippen molar-refractivity contribution in [1.82, 2.24) is 4.98 Å². The van der Waals surface area contributed by atoms with E-state index in [2.05, 4.69) is 29.2 Å². The fourth-order valence-corrected chi connectivity index (χ4v) is 3.18. The number of pyridine rings is 1. The predicted molar refractivity (Wildman–Crippen MR) is 96.3 cm³/mol. The third-order valence-corrected chi connectivity index (χ3v) is 4.70. The van der Waals surface area contributed by atoms with Crippen LogP contribution in [-0.4, -0.2) is 18.2 Å². The molecule has 0 aliphatic carbocycles. The second-order valence-electron chi connectivity index (χ2n) is 5.94. The molecule has 0 saturated carbocycles. The van der Waals surface area contributed by atoms with Crippen LogP contribution in [0.2, 0.25) is 0 Å². The van der Waals surface area contributed by atoms with Crippen LogP contribution in [0.3, 0.4) is 0 Å². The first-order valence-corrected chi connectivity index (χ1v) is 8.55. The van der Waals surface area contributed by atoms with Crippen molar-refractivity contribution < 1.29 is 9.47 Å². The maximum absolute atomic E-state index is 6.36. The first-order valence-electron chi connectivity index (χ1n) is 7.98. The van der Waals surface area contributed by atoms with Gasteiger partial charge in [-0.1, -0.05) is 19.9 Å². The number of nitrogen functional groups attached to an aromatic ring is 1. The Morgan fingerprint density at radius 1 is 1.26 bits per heavy atom. The third kappa shape index (κ3) is 3.06. The summed E-state index contributed by atoms with van der Waals surface area (Å²) in [6, 6.07) is 7.88. The zero-order valence-electron chi connectivity index (χ0n) is 13.6. The number of anilines is 1. The van der Waals surface area contributed by atoms with Crippen LogP contribution in [0.4, 0.5) is 5.69 Å². The van der Waals surface area contributed by atoms with Crippen molar-refractivity contribution >= 4 is 20.2 Å². The van der Waals surface area contributed by atoms with Gasteiger partial charge in [0.2, 0.25) is 0 Å². The molecule has 23 heavy (non-hydrogen) atoms. The Morgan fingerprint density at radius 3 is 2.61 bits per heavy atom. The molecule has 2 aromatic rings. The van der Waals surface area contributed by atoms with Crippen LogP contribution in [-0.2, 0) is 23.2 Å². The Balaban J connectivity index is 1.98. The molecular formula is C18H23N2O2P. The molecule has 1 atom stereocenters. The molecule has 1 unspecified atom stereocenters. The van der Waals surface area contributed by atoms with Gasteiger partial charge < -0.3 is 15.2 Å². The Bertz CT molecular complexity index is 714. The van der Waals surface area contributed by atoms with Crippen molar-refractivity contribution in [1.29, 1.82) is 0 Å². The van der Waals surface area contributed by atoms with Gasteiger partial charge in [0.05, 0.1) is 18.9 Å². The number of hydrogen-bond donors (Lipinski definition) is 1. The highest BCUT2D eigenvalue weighted by Gasteiger charge is 2.46. The van der Waals surface area contributed by atoms with E-state index < -0.39 is 5.60 Å². The minimum atomic E-state index is -0.501. The average Bonchev–Trinajstić information content (AvgIpc) is 2.52. The lowest BCUT2D eigenvalue weighted by Gasteiger charge is -2.42. The molecule has 1 aromatic heterocycles. The van der Waals surface area contributed by atoms with Crippen molar-refractivity contribution in [2.24, 2.45) is 0 Å². The predicted octanol–water partition coefficient (Wildman–Crippen LogP) is 2.59. The topological polar surface area (TPSA) is 57.4 Å². The summed E-state index contributed by atoms with van der Waals surface area (Å²) in [4.78, 5) is 4.72. The highest BCUT2D eigenvalue weighted by Crippen LogP contribution is 2.36. The molecular weight excluding hydrogens is 307 g/mol. The molecule has 0 bridgehead atoms. The Labute approximate surface area is 139 Å². The van der Waals surface area contributed by atoms with Crippen molar-refractivity contribution in [3.05, 3.63) is 47.3 Å². The SMILES string of the molecule is CCc1cnc(C2(Oc3ccc(N)cc3P)COC2)c(CC)c1. The molecule has 0 spiro atoms. The highest BCUT2D eigenvalue weighted by atomic mass is 31.0. The fourth-order valence-electron chi connectivity index (χ4n) is 2.83. The molecule has 1 aliphatic rings. The summed E-state index contributed by atoms with van der Waals surface area (Å²) in [7, 11) is 2.68. The van der Waals surface area contributed by atoms with E-state index in [1.807, 2.05) is 24.4 Å². The van der Waals surface area contributed by atoms with Gasteiger partial charge in [-0.05, 0) is 42.2 Å². The van der Waals surface area contributed by atoms with E-state index in [0.717, 1.165) is 35.3 Å². The summed E-state index contributed by atoms with van der Waals surface area (Å²) in [5.41, 5.74) is 9.51. The van der Waals surface area contributed by atoms with Gasteiger partial charge in [0, 0.05) is 17.2 Å². The van der Waals surface area contributed by atoms with Crippen LogP contribution < -0.4 is 15.8 Å². The maximum Gasteiger partial charge on any atom is 0.197 e. The third-order valence-electron chi connectivity index (χ3n) is 4.25. The van der Waals surface area contributed by atoms with Gasteiger partial charge in [-0.15, -0.1) is 9.24 Å². The molecule has 2 N–H and O–H groups in total. The van der Waals surface area contributed by atoms with E-state index in [4.69, 9.17) is 20.2 Å². The van der Waals surface area contributed by atoms with Crippen LogP contribution in [0, 0.1) is 0 Å². The molecule has 2 heterocycles. The number of aryl methyl sites for hydroxylation is 2. The Hall–Kier alpha value is -1.64. The lowest BCUT2D eigenvalue weighted by molar-refractivity contribution is -0.170. The Morgan fingerprint density at radius 2 is 2.04 bits per heavy atom. The fraction of sp³-hybridized carbons (Fsp3) is 0.389. The molecule has 1 fully saturated rings. The van der Waals surface area contributed by atoms with Gasteiger partial charge in [0.25, 0.3) is 0 Å². The van der Waals surface area contributed by atoms with E-state index in [0.29, 0.717) is 13.2 Å². The standard InChI is InChI=1S/C18H23N2O2P/c1-3-12-7-13(4-2)17(20-9-12)18(10-21-11-18)22-15-6-5-14(19)8-16(15)23/h5-9H,3-4,10-11,19,23H2,1-2H3. The van der Waals surface area contributed by atoms with Crippen molar-refractivity contribution in [3.8, 4) is 5.75 Å². The van der Waals surface area contributed by atoms with Crippen LogP contribution in [0.15, 0.2) is 30.5 Å². The number of ether oxygens (including phenoxy) is 2. The minimum absolute atomic E-state index is 0.501. The number of benzene rings is 1. The van der Waals surface area contributed by atoms with E-state index in [9.17, 15) is 0 Å². The number of nitrogens with zero attached hydrogens (tertiary/aromatic N) is 1. The van der Waals surface area contributed by atoms with Gasteiger partial charge in [0.15, 0.2) is 5.60 Å². The summed E-state index contributed by atoms with van der Waals surface area (Å²) in [6.07, 6.45) is 3.86. The van der Waals surface area contributed by atoms with Gasteiger partial charge in [-0.25, -0.2) is 0 Å². The zero-order chi connectivity index (χ0) is 16.4. The van der Waals surface area contributed by atoms with Gasteiger partial charge in [-0.2, -0.15) is 0 Å². The number of rotatable bonds is 5. The molecule has 4 nitrogen and oxygen atoms in total. The van der Waals surface area contributed by atoms with Crippen LogP contribution in [0.1, 0.15) is 30.7 Å². The summed E-state index contributed by atoms with van der Waals surface area (Å²) >= 11 is 0. The monoisotopic (exact) mass is 330 g/mol. The normalized spacial score (nSPS) is 16.0. The smallest absolute Gasteiger partial charge is 0.197 e. The lowest BCUT2D eigenvalue weighted by atomic mass is 9.90. The van der Waals surface area contributed by atoms with Crippen molar-refractivity contribution in [3.63, 3.8) is 0 Å². The summed E-state index contributed by atoms with van der Waals surface area (Å²) in [6.45, 7) is 5.33. The second kappa shape index (κ2) is 6.46. The summed E-state index contributed by atoms with van der Waals surface area (Å²) in [5, 5.41) is 0.944. The molecule has 0 amide bonds. The maximum atomic E-state index is 6.36. The molecule has 1 saturated heterocycles. The second-order valence-corrected chi connectivity index (χ2v) is 6.57. The van der Waals surface area contributed by atoms with Gasteiger partial charge in [0.1, 0.15) is 5.75 Å². The van der Waals surface area contributed by atoms with Crippen LogP contribution in [0.25, 0.3) is 0 Å². The largest absolute Gasteiger partial charge is 0.475 e. The van der Waals surface area contributed by atoms with Gasteiger partial charge in [-0.3, -0.25) is 4.98 Å². The van der Waals surface area contributed by atoms with Crippen LogP contribution >= 0.6 is 9.24 Å². The summed E-state index contributed by atoms with van der Waals surface area (Å²) in [5.74, 6) is 0.802. The summed E-state index contributed by atoms with van der Waals surface area (Å²) < 4.78 is 11.8. The average molecular weight is 330 g/mol. The highest BCUT2D eigenvalue weighted by molar-refractivity contribution is 7.27. The zero-order valence-corrected chi connectivity index (χ0v) is 14.8. The molecule has 5 heteroatoms. The molecule has 1 aliphatic heterocycles. The Kier molecular flexibility index (Phi) is 4.56. The van der Waals surface area contributed by atoms with E-state index in [1.165, 1.54) is 11.1 Å². The van der Waals surface area contributed by atoms with Crippen molar-refractivity contribution in [2.45, 2.75) is 32.3 Å². The first kappa shape index (κ1) is 16.2. The molecule has 0 radical (unpaired) electrons. The van der Waals surface area contributed by atoms with Crippen molar-refractivity contribution in [2.75, 3.05) is 18.9 Å². The first-order chi connectivity index (χ1) is 11.1. The number of nitrogens with two attached hydrogens (primary N) is 1. The van der Waals surface area contributed by atoms with E-state index >= 15 is 0 Å². The lowest BCUT2D eigenvalue weighted by Crippen LogP contribution is -2.53.